The molecule has 4 rings (SSSR count). The van der Waals surface area contributed by atoms with Crippen LogP contribution in [-0.4, -0.2) is 21.1 Å². The second-order valence-electron chi connectivity index (χ2n) is 6.88. The van der Waals surface area contributed by atoms with Crippen molar-refractivity contribution < 1.29 is 4.79 Å². The highest BCUT2D eigenvalue weighted by atomic mass is 16.2. The molecular formula is C21H21N3O3. The lowest BCUT2D eigenvalue weighted by molar-refractivity contribution is -0.119. The van der Waals surface area contributed by atoms with E-state index in [2.05, 4.69) is 0 Å². The van der Waals surface area contributed by atoms with E-state index in [0.29, 0.717) is 10.9 Å². The van der Waals surface area contributed by atoms with E-state index < -0.39 is 5.69 Å². The Morgan fingerprint density at radius 2 is 1.74 bits per heavy atom. The van der Waals surface area contributed by atoms with Crippen molar-refractivity contribution in [3.63, 3.8) is 0 Å². The van der Waals surface area contributed by atoms with Crippen molar-refractivity contribution in [3.8, 4) is 0 Å². The van der Waals surface area contributed by atoms with Crippen molar-refractivity contribution in [2.24, 2.45) is 0 Å². The fraction of sp³-hybridized carbons (Fsp3) is 0.286. The molecule has 138 valence electrons. The van der Waals surface area contributed by atoms with Crippen LogP contribution in [0.2, 0.25) is 0 Å². The third kappa shape index (κ3) is 2.68. The highest BCUT2D eigenvalue weighted by Crippen LogP contribution is 2.32. The van der Waals surface area contributed by atoms with Crippen LogP contribution in [-0.2, 0) is 24.3 Å². The average molecular weight is 363 g/mol. The maximum absolute atomic E-state index is 13.1. The van der Waals surface area contributed by atoms with Crippen LogP contribution in [0.5, 0.6) is 0 Å². The minimum Gasteiger partial charge on any atom is -0.307 e. The summed E-state index contributed by atoms with van der Waals surface area (Å²) < 4.78 is 2.59. The van der Waals surface area contributed by atoms with Crippen LogP contribution in [0.1, 0.15) is 19.4 Å². The highest BCUT2D eigenvalue weighted by molar-refractivity contribution is 5.96. The lowest BCUT2D eigenvalue weighted by Crippen LogP contribution is -2.44. The minimum absolute atomic E-state index is 0.0361. The van der Waals surface area contributed by atoms with Crippen molar-refractivity contribution in [3.05, 3.63) is 74.9 Å². The van der Waals surface area contributed by atoms with Gasteiger partial charge in [0, 0.05) is 18.3 Å². The summed E-state index contributed by atoms with van der Waals surface area (Å²) in [6, 6.07) is 14.8. The fourth-order valence-electron chi connectivity index (χ4n) is 3.96. The van der Waals surface area contributed by atoms with Gasteiger partial charge in [0.05, 0.1) is 10.9 Å². The molecule has 0 radical (unpaired) electrons. The smallest absolute Gasteiger partial charge is 0.307 e. The average Bonchev–Trinajstić information content (AvgIpc) is 3.01. The topological polar surface area (TPSA) is 64.3 Å². The lowest BCUT2D eigenvalue weighted by atomic mass is 10.1. The van der Waals surface area contributed by atoms with Crippen molar-refractivity contribution in [2.75, 3.05) is 4.90 Å². The van der Waals surface area contributed by atoms with Gasteiger partial charge in [0.15, 0.2) is 0 Å². The van der Waals surface area contributed by atoms with Crippen LogP contribution in [0.25, 0.3) is 10.9 Å². The van der Waals surface area contributed by atoms with E-state index in [0.717, 1.165) is 17.7 Å². The predicted molar refractivity (Wildman–Crippen MR) is 105 cm³/mol. The Labute approximate surface area is 156 Å². The molecule has 1 atom stereocenters. The van der Waals surface area contributed by atoms with Crippen LogP contribution >= 0.6 is 0 Å². The standard InChI is InChI=1S/C21H21N3O3/c1-3-22-20(26)16-9-5-7-11-18(16)23(21(22)27)13-19(25)24-14(2)12-15-8-4-6-10-17(15)24/h4-11,14H,3,12-13H2,1-2H3/t14-/m1/s1. The molecule has 0 aliphatic carbocycles. The summed E-state index contributed by atoms with van der Waals surface area (Å²) in [7, 11) is 0. The van der Waals surface area contributed by atoms with Crippen molar-refractivity contribution in [1.29, 1.82) is 0 Å². The number of hydrogen-bond donors (Lipinski definition) is 0. The number of para-hydroxylation sites is 2. The second-order valence-corrected chi connectivity index (χ2v) is 6.88. The third-order valence-corrected chi connectivity index (χ3v) is 5.22. The Morgan fingerprint density at radius 3 is 2.52 bits per heavy atom. The molecule has 0 saturated heterocycles. The molecule has 6 heteroatoms. The number of benzene rings is 2. The van der Waals surface area contributed by atoms with Gasteiger partial charge in [0.2, 0.25) is 5.91 Å². The maximum atomic E-state index is 13.1. The zero-order chi connectivity index (χ0) is 19.1. The highest BCUT2D eigenvalue weighted by Gasteiger charge is 2.31. The number of nitrogens with zero attached hydrogens (tertiary/aromatic N) is 3. The van der Waals surface area contributed by atoms with Gasteiger partial charge in [-0.05, 0) is 44.0 Å². The van der Waals surface area contributed by atoms with Gasteiger partial charge in [0.1, 0.15) is 6.54 Å². The van der Waals surface area contributed by atoms with Crippen LogP contribution in [0.3, 0.4) is 0 Å². The molecule has 1 aliphatic rings. The summed E-state index contributed by atoms with van der Waals surface area (Å²) in [6.45, 7) is 3.92. The number of rotatable bonds is 3. The Hall–Kier alpha value is -3.15. The summed E-state index contributed by atoms with van der Waals surface area (Å²) in [5.74, 6) is -0.152. The van der Waals surface area contributed by atoms with Crippen molar-refractivity contribution in [2.45, 2.75) is 39.4 Å². The van der Waals surface area contributed by atoms with Gasteiger partial charge in [-0.2, -0.15) is 0 Å². The SMILES string of the molecule is CCn1c(=O)c2ccccc2n(CC(=O)N2c3ccccc3C[C@H]2C)c1=O. The van der Waals surface area contributed by atoms with Crippen LogP contribution in [0.4, 0.5) is 5.69 Å². The first kappa shape index (κ1) is 17.3. The number of aromatic nitrogens is 2. The minimum atomic E-state index is -0.449. The Morgan fingerprint density at radius 1 is 1.04 bits per heavy atom. The predicted octanol–water partition coefficient (Wildman–Crippen LogP) is 2.16. The molecule has 3 aromatic rings. The van der Waals surface area contributed by atoms with E-state index in [-0.39, 0.29) is 30.6 Å². The third-order valence-electron chi connectivity index (χ3n) is 5.22. The maximum Gasteiger partial charge on any atom is 0.331 e. The Kier molecular flexibility index (Phi) is 4.18. The van der Waals surface area contributed by atoms with Gasteiger partial charge >= 0.3 is 5.69 Å². The summed E-state index contributed by atoms with van der Waals surface area (Å²) in [4.78, 5) is 40.3. The number of carbonyl (C=O) groups excluding carboxylic acids is 1. The molecule has 0 N–H and O–H groups in total. The van der Waals surface area contributed by atoms with Gasteiger partial charge < -0.3 is 4.90 Å². The summed E-state index contributed by atoms with van der Waals surface area (Å²) in [5, 5.41) is 0.446. The van der Waals surface area contributed by atoms with Gasteiger partial charge in [-0.1, -0.05) is 30.3 Å². The first-order valence-corrected chi connectivity index (χ1v) is 9.15. The van der Waals surface area contributed by atoms with E-state index in [1.54, 1.807) is 36.1 Å². The van der Waals surface area contributed by atoms with E-state index in [1.807, 2.05) is 31.2 Å². The number of hydrogen-bond acceptors (Lipinski definition) is 3. The van der Waals surface area contributed by atoms with Gasteiger partial charge in [-0.15, -0.1) is 0 Å². The number of carbonyl (C=O) groups is 1. The Balaban J connectivity index is 1.82. The zero-order valence-electron chi connectivity index (χ0n) is 15.4. The molecule has 1 aliphatic heterocycles. The molecule has 2 aromatic carbocycles. The van der Waals surface area contributed by atoms with E-state index >= 15 is 0 Å². The van der Waals surface area contributed by atoms with Gasteiger partial charge in [0.25, 0.3) is 5.56 Å². The molecular weight excluding hydrogens is 342 g/mol. The van der Waals surface area contributed by atoms with E-state index in [9.17, 15) is 14.4 Å². The van der Waals surface area contributed by atoms with Crippen molar-refractivity contribution >= 4 is 22.5 Å². The van der Waals surface area contributed by atoms with Crippen LogP contribution in [0, 0.1) is 0 Å². The molecule has 2 heterocycles. The summed E-state index contributed by atoms with van der Waals surface area (Å²) >= 11 is 0. The molecule has 1 aromatic heterocycles. The monoisotopic (exact) mass is 363 g/mol. The number of anilines is 1. The van der Waals surface area contributed by atoms with E-state index in [1.165, 1.54) is 9.13 Å². The normalized spacial score (nSPS) is 15.9. The van der Waals surface area contributed by atoms with Crippen LogP contribution < -0.4 is 16.1 Å². The first-order chi connectivity index (χ1) is 13.0. The molecule has 27 heavy (non-hydrogen) atoms. The Bertz CT molecular complexity index is 1160. The fourth-order valence-corrected chi connectivity index (χ4v) is 3.96. The molecule has 0 bridgehead atoms. The lowest BCUT2D eigenvalue weighted by Gasteiger charge is -2.24. The summed E-state index contributed by atoms with van der Waals surface area (Å²) in [6.07, 6.45) is 0.798. The van der Waals surface area contributed by atoms with Gasteiger partial charge in [-0.3, -0.25) is 18.7 Å². The molecule has 0 unspecified atom stereocenters. The number of amides is 1. The largest absolute Gasteiger partial charge is 0.331 e. The van der Waals surface area contributed by atoms with Crippen molar-refractivity contribution in [1.82, 2.24) is 9.13 Å². The number of fused-ring (bicyclic) bond motifs is 2. The van der Waals surface area contributed by atoms with E-state index in [4.69, 9.17) is 0 Å². The summed E-state index contributed by atoms with van der Waals surface area (Å²) in [5.41, 5.74) is 1.76. The molecule has 0 fully saturated rings. The first-order valence-electron chi connectivity index (χ1n) is 9.15. The second kappa shape index (κ2) is 6.54. The van der Waals surface area contributed by atoms with Gasteiger partial charge in [-0.25, -0.2) is 4.79 Å². The molecule has 0 spiro atoms. The van der Waals surface area contributed by atoms with Crippen LogP contribution in [0.15, 0.2) is 58.1 Å². The molecule has 0 saturated carbocycles. The molecule has 1 amide bonds. The quantitative estimate of drug-likeness (QED) is 0.716. The zero-order valence-corrected chi connectivity index (χ0v) is 15.4. The molecule has 6 nitrogen and oxygen atoms in total.